The third-order valence-electron chi connectivity index (χ3n) is 2.25. The highest BCUT2D eigenvalue weighted by Gasteiger charge is 2.20. The maximum Gasteiger partial charge on any atom is 0.108 e. The van der Waals surface area contributed by atoms with Gasteiger partial charge in [0.15, 0.2) is 0 Å². The minimum absolute atomic E-state index is 0.303. The lowest BCUT2D eigenvalue weighted by molar-refractivity contribution is 0.417. The average molecular weight is 152 g/mol. The first-order valence-corrected chi connectivity index (χ1v) is 3.94. The van der Waals surface area contributed by atoms with E-state index < -0.39 is 0 Å². The van der Waals surface area contributed by atoms with E-state index in [1.165, 1.54) is 5.56 Å². The van der Waals surface area contributed by atoms with Crippen molar-refractivity contribution >= 4 is 0 Å². The zero-order chi connectivity index (χ0) is 7.68. The highest BCUT2D eigenvalue weighted by atomic mass is 16.3. The van der Waals surface area contributed by atoms with Crippen LogP contribution in [0.1, 0.15) is 30.2 Å². The number of hydrogen-bond acceptors (Lipinski definition) is 3. The molecule has 3 heteroatoms. The van der Waals surface area contributed by atoms with Gasteiger partial charge in [0, 0.05) is 18.0 Å². The Bertz CT molecular complexity index is 244. The maximum atomic E-state index is 5.39. The van der Waals surface area contributed by atoms with Gasteiger partial charge in [-0.2, -0.15) is 0 Å². The van der Waals surface area contributed by atoms with Crippen molar-refractivity contribution < 1.29 is 4.42 Å². The van der Waals surface area contributed by atoms with Crippen molar-refractivity contribution in [1.82, 2.24) is 5.43 Å². The quantitative estimate of drug-likeness (QED) is 0.468. The van der Waals surface area contributed by atoms with Crippen molar-refractivity contribution in [2.45, 2.75) is 25.3 Å². The van der Waals surface area contributed by atoms with Crippen molar-refractivity contribution in [2.75, 3.05) is 0 Å². The van der Waals surface area contributed by atoms with Crippen LogP contribution in [0.2, 0.25) is 0 Å². The zero-order valence-electron chi connectivity index (χ0n) is 6.34. The van der Waals surface area contributed by atoms with Gasteiger partial charge in [-0.05, 0) is 18.9 Å². The van der Waals surface area contributed by atoms with Gasteiger partial charge in [-0.1, -0.05) is 0 Å². The normalized spacial score (nSPS) is 23.2. The molecule has 0 aromatic carbocycles. The first kappa shape index (κ1) is 6.88. The molecule has 1 aliphatic carbocycles. The van der Waals surface area contributed by atoms with Crippen LogP contribution in [0.5, 0.6) is 0 Å². The smallest absolute Gasteiger partial charge is 0.108 e. The van der Waals surface area contributed by atoms with Gasteiger partial charge in [0.2, 0.25) is 0 Å². The van der Waals surface area contributed by atoms with Gasteiger partial charge in [0.25, 0.3) is 0 Å². The molecule has 0 radical (unpaired) electrons. The first-order chi connectivity index (χ1) is 5.42. The number of fused-ring (bicyclic) bond motifs is 1. The molecule has 1 aliphatic rings. The van der Waals surface area contributed by atoms with Gasteiger partial charge in [0.05, 0.1) is 6.26 Å². The lowest BCUT2D eigenvalue weighted by atomic mass is 9.94. The lowest BCUT2D eigenvalue weighted by Crippen LogP contribution is -2.30. The molecule has 0 aliphatic heterocycles. The minimum Gasteiger partial charge on any atom is -0.469 e. The van der Waals surface area contributed by atoms with E-state index in [2.05, 4.69) is 5.43 Å². The Morgan fingerprint density at radius 3 is 3.36 bits per heavy atom. The summed E-state index contributed by atoms with van der Waals surface area (Å²) in [5, 5.41) is 0. The Morgan fingerprint density at radius 2 is 2.55 bits per heavy atom. The number of hydrogen-bond donors (Lipinski definition) is 2. The van der Waals surface area contributed by atoms with E-state index in [9.17, 15) is 0 Å². The number of aryl methyl sites for hydroxylation is 1. The summed E-state index contributed by atoms with van der Waals surface area (Å²) in [5.41, 5.74) is 4.02. The Labute approximate surface area is 65.5 Å². The number of rotatable bonds is 1. The van der Waals surface area contributed by atoms with Crippen molar-refractivity contribution in [2.24, 2.45) is 5.84 Å². The van der Waals surface area contributed by atoms with E-state index in [1.54, 1.807) is 6.26 Å². The molecule has 3 nitrogen and oxygen atoms in total. The fraction of sp³-hybridized carbons (Fsp3) is 0.500. The average Bonchev–Trinajstić information content (AvgIpc) is 2.50. The Kier molecular flexibility index (Phi) is 1.68. The lowest BCUT2D eigenvalue weighted by Gasteiger charge is -2.19. The zero-order valence-corrected chi connectivity index (χ0v) is 6.34. The fourth-order valence-electron chi connectivity index (χ4n) is 1.66. The molecule has 1 aromatic heterocycles. The second kappa shape index (κ2) is 2.68. The van der Waals surface area contributed by atoms with Crippen molar-refractivity contribution in [3.05, 3.63) is 23.7 Å². The molecule has 0 saturated heterocycles. The first-order valence-electron chi connectivity index (χ1n) is 3.94. The summed E-state index contributed by atoms with van der Waals surface area (Å²) in [6.07, 6.45) is 5.07. The molecule has 2 rings (SSSR count). The number of hydrazine groups is 1. The van der Waals surface area contributed by atoms with Crippen LogP contribution in [-0.2, 0) is 6.42 Å². The summed E-state index contributed by atoms with van der Waals surface area (Å²) in [5.74, 6) is 6.48. The molecule has 1 aromatic rings. The second-order valence-corrected chi connectivity index (χ2v) is 2.91. The molecule has 1 unspecified atom stereocenters. The maximum absolute atomic E-state index is 5.39. The molecule has 1 heterocycles. The molecule has 0 amide bonds. The van der Waals surface area contributed by atoms with Gasteiger partial charge in [0.1, 0.15) is 5.76 Å². The third kappa shape index (κ3) is 1.06. The highest BCUT2D eigenvalue weighted by Crippen LogP contribution is 2.29. The van der Waals surface area contributed by atoms with Crippen LogP contribution in [0.3, 0.4) is 0 Å². The van der Waals surface area contributed by atoms with E-state index in [4.69, 9.17) is 10.3 Å². The molecule has 1 atom stereocenters. The summed E-state index contributed by atoms with van der Waals surface area (Å²) in [6.45, 7) is 0. The summed E-state index contributed by atoms with van der Waals surface area (Å²) in [6, 6.07) is 2.30. The summed E-state index contributed by atoms with van der Waals surface area (Å²) >= 11 is 0. The Morgan fingerprint density at radius 1 is 1.64 bits per heavy atom. The molecular formula is C8H12N2O. The van der Waals surface area contributed by atoms with Crippen LogP contribution < -0.4 is 11.3 Å². The number of nitrogens with one attached hydrogen (secondary N) is 1. The number of furan rings is 1. The van der Waals surface area contributed by atoms with Crippen molar-refractivity contribution in [1.29, 1.82) is 0 Å². The highest BCUT2D eigenvalue weighted by molar-refractivity contribution is 5.23. The summed E-state index contributed by atoms with van der Waals surface area (Å²) in [4.78, 5) is 0. The number of nitrogens with two attached hydrogens (primary N) is 1. The van der Waals surface area contributed by atoms with Crippen LogP contribution in [0.15, 0.2) is 16.7 Å². The molecule has 11 heavy (non-hydrogen) atoms. The molecule has 60 valence electrons. The molecular weight excluding hydrogens is 140 g/mol. The predicted molar refractivity (Wildman–Crippen MR) is 41.7 cm³/mol. The molecule has 0 fully saturated rings. The van der Waals surface area contributed by atoms with Crippen LogP contribution in [-0.4, -0.2) is 0 Å². The van der Waals surface area contributed by atoms with Crippen LogP contribution in [0.4, 0.5) is 0 Å². The summed E-state index contributed by atoms with van der Waals surface area (Å²) in [7, 11) is 0. The van der Waals surface area contributed by atoms with E-state index in [-0.39, 0.29) is 0 Å². The fourth-order valence-corrected chi connectivity index (χ4v) is 1.66. The van der Waals surface area contributed by atoms with Gasteiger partial charge >= 0.3 is 0 Å². The van der Waals surface area contributed by atoms with Gasteiger partial charge in [-0.3, -0.25) is 11.3 Å². The SMILES string of the molecule is NNC1CCCc2occc21. The van der Waals surface area contributed by atoms with Crippen LogP contribution in [0, 0.1) is 0 Å². The van der Waals surface area contributed by atoms with Crippen molar-refractivity contribution in [3.63, 3.8) is 0 Å². The molecule has 0 saturated carbocycles. The van der Waals surface area contributed by atoms with Gasteiger partial charge < -0.3 is 4.42 Å². The van der Waals surface area contributed by atoms with E-state index in [1.807, 2.05) is 6.07 Å². The monoisotopic (exact) mass is 152 g/mol. The van der Waals surface area contributed by atoms with E-state index in [0.717, 1.165) is 25.0 Å². The molecule has 0 spiro atoms. The Hall–Kier alpha value is -0.800. The van der Waals surface area contributed by atoms with E-state index in [0.29, 0.717) is 6.04 Å². The standard InChI is InChI=1S/C8H12N2O/c9-10-7-2-1-3-8-6(7)4-5-11-8/h4-5,7,10H,1-3,9H2. The van der Waals surface area contributed by atoms with Crippen LogP contribution >= 0.6 is 0 Å². The molecule has 0 bridgehead atoms. The second-order valence-electron chi connectivity index (χ2n) is 2.91. The van der Waals surface area contributed by atoms with Gasteiger partial charge in [-0.25, -0.2) is 0 Å². The molecule has 3 N–H and O–H groups in total. The summed E-state index contributed by atoms with van der Waals surface area (Å²) < 4.78 is 5.29. The topological polar surface area (TPSA) is 51.2 Å². The predicted octanol–water partition coefficient (Wildman–Crippen LogP) is 1.12. The minimum atomic E-state index is 0.303. The van der Waals surface area contributed by atoms with E-state index >= 15 is 0 Å². The largest absolute Gasteiger partial charge is 0.469 e. The van der Waals surface area contributed by atoms with Crippen LogP contribution in [0.25, 0.3) is 0 Å². The third-order valence-corrected chi connectivity index (χ3v) is 2.25. The van der Waals surface area contributed by atoms with Crippen molar-refractivity contribution in [3.8, 4) is 0 Å². The Balaban J connectivity index is 2.32. The van der Waals surface area contributed by atoms with Gasteiger partial charge in [-0.15, -0.1) is 0 Å².